The van der Waals surface area contributed by atoms with E-state index in [4.69, 9.17) is 0 Å². The summed E-state index contributed by atoms with van der Waals surface area (Å²) < 4.78 is 0. The van der Waals surface area contributed by atoms with Gasteiger partial charge in [-0.05, 0) is 42.7 Å². The maximum atomic E-state index is 12.8. The van der Waals surface area contributed by atoms with E-state index in [2.05, 4.69) is 49.8 Å². The molecule has 3 fully saturated rings. The third-order valence-corrected chi connectivity index (χ3v) is 7.11. The van der Waals surface area contributed by atoms with Crippen LogP contribution in [0.1, 0.15) is 24.8 Å². The number of likely N-dealkylation sites (tertiary alicyclic amines) is 1. The first-order valence-corrected chi connectivity index (χ1v) is 11.3. The van der Waals surface area contributed by atoms with Crippen molar-refractivity contribution in [2.75, 3.05) is 38.1 Å². The van der Waals surface area contributed by atoms with Crippen molar-refractivity contribution >= 4 is 47.6 Å². The highest BCUT2D eigenvalue weighted by Gasteiger charge is 2.58. The summed E-state index contributed by atoms with van der Waals surface area (Å²) in [5.74, 6) is 1.93. The third-order valence-electron chi connectivity index (χ3n) is 7.11. The Morgan fingerprint density at radius 3 is 2.38 bits per heavy atom. The van der Waals surface area contributed by atoms with Crippen molar-refractivity contribution in [3.05, 3.63) is 36.0 Å². The Bertz CT molecular complexity index is 882. The quantitative estimate of drug-likeness (QED) is 0.185. The summed E-state index contributed by atoms with van der Waals surface area (Å²) >= 11 is 0. The standard InChI is InChI=1S/C23H30N6O2.HI/c1-24-23(27-14-15-4-7-18(26-13-15)28-9-2-3-10-28)25-8-11-29-21(30)19-16-5-6-17(12-16)20(19)22(29)31;/h4-7,13,16-17,19-20H,2-3,8-12,14H2,1H3,(H2,24,25,27);1H. The van der Waals surface area contributed by atoms with E-state index >= 15 is 0 Å². The first-order valence-electron chi connectivity index (χ1n) is 11.3. The molecule has 2 saturated heterocycles. The molecule has 4 aliphatic rings. The normalized spacial score (nSPS) is 28.3. The van der Waals surface area contributed by atoms with Crippen molar-refractivity contribution < 1.29 is 9.59 Å². The van der Waals surface area contributed by atoms with Crippen LogP contribution >= 0.6 is 24.0 Å². The first-order chi connectivity index (χ1) is 15.2. The zero-order chi connectivity index (χ0) is 21.4. The fraction of sp³-hybridized carbons (Fsp3) is 0.565. The van der Waals surface area contributed by atoms with E-state index in [0.717, 1.165) is 30.9 Å². The van der Waals surface area contributed by atoms with Crippen molar-refractivity contribution in [3.63, 3.8) is 0 Å². The second kappa shape index (κ2) is 9.76. The van der Waals surface area contributed by atoms with Gasteiger partial charge in [0.05, 0.1) is 11.8 Å². The van der Waals surface area contributed by atoms with Gasteiger partial charge in [0.25, 0.3) is 0 Å². The lowest BCUT2D eigenvalue weighted by atomic mass is 9.85. The highest BCUT2D eigenvalue weighted by Crippen LogP contribution is 2.52. The SMILES string of the molecule is CN=C(NCCN1C(=O)C2C3C=CC(C3)C2C1=O)NCc1ccc(N2CCCC2)nc1.I. The number of amides is 2. The van der Waals surface area contributed by atoms with Crippen LogP contribution < -0.4 is 15.5 Å². The molecule has 2 bridgehead atoms. The number of rotatable bonds is 6. The summed E-state index contributed by atoms with van der Waals surface area (Å²) in [5, 5.41) is 6.49. The maximum absolute atomic E-state index is 12.8. The monoisotopic (exact) mass is 550 g/mol. The lowest BCUT2D eigenvalue weighted by Crippen LogP contribution is -2.43. The summed E-state index contributed by atoms with van der Waals surface area (Å²) in [5.41, 5.74) is 1.08. The molecule has 1 aromatic heterocycles. The molecule has 3 heterocycles. The van der Waals surface area contributed by atoms with Crippen molar-refractivity contribution in [3.8, 4) is 0 Å². The Labute approximate surface area is 205 Å². The number of guanidine groups is 1. The largest absolute Gasteiger partial charge is 0.357 e. The van der Waals surface area contributed by atoms with Crippen LogP contribution in [0.4, 0.5) is 5.82 Å². The van der Waals surface area contributed by atoms with Gasteiger partial charge in [0, 0.05) is 46.0 Å². The molecule has 8 nitrogen and oxygen atoms in total. The molecule has 1 saturated carbocycles. The van der Waals surface area contributed by atoms with Gasteiger partial charge in [-0.1, -0.05) is 18.2 Å². The minimum atomic E-state index is -0.129. The van der Waals surface area contributed by atoms with Crippen molar-refractivity contribution in [1.82, 2.24) is 20.5 Å². The molecule has 0 aromatic carbocycles. The average molecular weight is 550 g/mol. The third kappa shape index (κ3) is 4.23. The van der Waals surface area contributed by atoms with Crippen LogP contribution in [0.25, 0.3) is 0 Å². The zero-order valence-electron chi connectivity index (χ0n) is 18.4. The molecule has 0 radical (unpaired) electrons. The molecule has 4 unspecified atom stereocenters. The number of hydrogen-bond acceptors (Lipinski definition) is 5. The van der Waals surface area contributed by atoms with Gasteiger partial charge >= 0.3 is 0 Å². The van der Waals surface area contributed by atoms with E-state index in [-0.39, 0.29) is 59.5 Å². The Morgan fingerprint density at radius 1 is 1.09 bits per heavy atom. The summed E-state index contributed by atoms with van der Waals surface area (Å²) in [4.78, 5) is 38.1. The van der Waals surface area contributed by atoms with Crippen LogP contribution in [0.3, 0.4) is 0 Å². The van der Waals surface area contributed by atoms with Crippen LogP contribution in [-0.2, 0) is 16.1 Å². The fourth-order valence-electron chi connectivity index (χ4n) is 5.53. The number of nitrogens with one attached hydrogen (secondary N) is 2. The lowest BCUT2D eigenvalue weighted by molar-refractivity contribution is -0.140. The van der Waals surface area contributed by atoms with E-state index in [1.54, 1.807) is 7.05 Å². The number of allylic oxidation sites excluding steroid dienone is 2. The number of imide groups is 1. The number of pyridine rings is 1. The van der Waals surface area contributed by atoms with Crippen molar-refractivity contribution in [2.24, 2.45) is 28.7 Å². The van der Waals surface area contributed by atoms with Crippen LogP contribution in [0.5, 0.6) is 0 Å². The number of anilines is 1. The topological polar surface area (TPSA) is 89.9 Å². The highest BCUT2D eigenvalue weighted by atomic mass is 127. The second-order valence-electron chi connectivity index (χ2n) is 8.90. The fourth-order valence-corrected chi connectivity index (χ4v) is 5.53. The molecule has 2 aliphatic heterocycles. The molecular weight excluding hydrogens is 519 g/mol. The van der Waals surface area contributed by atoms with Crippen molar-refractivity contribution in [1.29, 1.82) is 0 Å². The van der Waals surface area contributed by atoms with E-state index in [9.17, 15) is 9.59 Å². The van der Waals surface area contributed by atoms with Gasteiger partial charge in [-0.15, -0.1) is 24.0 Å². The maximum Gasteiger partial charge on any atom is 0.233 e. The Kier molecular flexibility index (Phi) is 7.02. The summed E-state index contributed by atoms with van der Waals surface area (Å²) in [6.45, 7) is 3.63. The van der Waals surface area contributed by atoms with Crippen molar-refractivity contribution in [2.45, 2.75) is 25.8 Å². The lowest BCUT2D eigenvalue weighted by Gasteiger charge is -2.19. The first kappa shape index (κ1) is 23.0. The number of carbonyl (C=O) groups is 2. The Morgan fingerprint density at radius 2 is 1.78 bits per heavy atom. The molecule has 172 valence electrons. The van der Waals surface area contributed by atoms with Crippen LogP contribution in [0.15, 0.2) is 35.5 Å². The van der Waals surface area contributed by atoms with E-state index < -0.39 is 0 Å². The molecule has 5 rings (SSSR count). The minimum Gasteiger partial charge on any atom is -0.357 e. The predicted octanol–water partition coefficient (Wildman–Crippen LogP) is 1.77. The number of aromatic nitrogens is 1. The van der Waals surface area contributed by atoms with E-state index in [1.165, 1.54) is 17.7 Å². The number of hydrogen-bond donors (Lipinski definition) is 2. The number of fused-ring (bicyclic) bond motifs is 5. The second-order valence-corrected chi connectivity index (χ2v) is 8.90. The molecule has 2 N–H and O–H groups in total. The number of carbonyl (C=O) groups excluding carboxylic acids is 2. The number of halogens is 1. The van der Waals surface area contributed by atoms with Gasteiger partial charge in [-0.25, -0.2) is 4.98 Å². The molecule has 9 heteroatoms. The molecule has 32 heavy (non-hydrogen) atoms. The summed E-state index contributed by atoms with van der Waals surface area (Å²) in [6, 6.07) is 4.16. The summed E-state index contributed by atoms with van der Waals surface area (Å²) in [6.07, 6.45) is 9.58. The van der Waals surface area contributed by atoms with Crippen LogP contribution in [0.2, 0.25) is 0 Å². The zero-order valence-corrected chi connectivity index (χ0v) is 20.7. The average Bonchev–Trinajstić information content (AvgIpc) is 3.58. The van der Waals surface area contributed by atoms with Crippen LogP contribution in [0, 0.1) is 23.7 Å². The van der Waals surface area contributed by atoms with E-state index in [0.29, 0.717) is 25.6 Å². The van der Waals surface area contributed by atoms with Crippen LogP contribution in [-0.4, -0.2) is 60.9 Å². The molecule has 2 aliphatic carbocycles. The van der Waals surface area contributed by atoms with Gasteiger partial charge in [-0.3, -0.25) is 19.5 Å². The van der Waals surface area contributed by atoms with Gasteiger partial charge in [0.2, 0.25) is 11.8 Å². The molecular formula is C23H31IN6O2. The molecule has 4 atom stereocenters. The summed E-state index contributed by atoms with van der Waals surface area (Å²) in [7, 11) is 1.71. The van der Waals surface area contributed by atoms with Gasteiger partial charge in [0.1, 0.15) is 5.82 Å². The Balaban J connectivity index is 0.00000245. The Hall–Kier alpha value is -2.17. The smallest absolute Gasteiger partial charge is 0.233 e. The minimum absolute atomic E-state index is 0. The van der Waals surface area contributed by atoms with Gasteiger partial charge in [-0.2, -0.15) is 0 Å². The molecule has 2 amide bonds. The molecule has 0 spiro atoms. The number of nitrogens with zero attached hydrogens (tertiary/aromatic N) is 4. The highest BCUT2D eigenvalue weighted by molar-refractivity contribution is 14.0. The van der Waals surface area contributed by atoms with Gasteiger partial charge < -0.3 is 15.5 Å². The van der Waals surface area contributed by atoms with E-state index in [1.807, 2.05) is 6.20 Å². The van der Waals surface area contributed by atoms with Gasteiger partial charge in [0.15, 0.2) is 5.96 Å². The predicted molar refractivity (Wildman–Crippen MR) is 134 cm³/mol. The molecule has 1 aromatic rings. The number of aliphatic imine (C=N–C) groups is 1.